The second-order valence-electron chi connectivity index (χ2n) is 4.73. The highest BCUT2D eigenvalue weighted by molar-refractivity contribution is 7.99. The Balaban J connectivity index is 1.98. The summed E-state index contributed by atoms with van der Waals surface area (Å²) in [5, 5.41) is 0.732. The van der Waals surface area contributed by atoms with Crippen LogP contribution in [-0.2, 0) is 0 Å². The van der Waals surface area contributed by atoms with E-state index in [4.69, 9.17) is 10.5 Å². The number of methoxy groups -OCH3 is 1. The van der Waals surface area contributed by atoms with Crippen molar-refractivity contribution in [1.29, 1.82) is 0 Å². The zero-order valence-electron chi connectivity index (χ0n) is 10.7. The van der Waals surface area contributed by atoms with Gasteiger partial charge in [0.15, 0.2) is 0 Å². The van der Waals surface area contributed by atoms with Crippen molar-refractivity contribution in [2.24, 2.45) is 5.73 Å². The van der Waals surface area contributed by atoms with Gasteiger partial charge in [-0.05, 0) is 31.0 Å². The number of hydrogen-bond acceptors (Lipinski definition) is 3. The summed E-state index contributed by atoms with van der Waals surface area (Å²) in [4.78, 5) is 0. The van der Waals surface area contributed by atoms with Crippen molar-refractivity contribution >= 4 is 11.8 Å². The van der Waals surface area contributed by atoms with Crippen LogP contribution in [0, 0.1) is 5.82 Å². The van der Waals surface area contributed by atoms with E-state index in [0.29, 0.717) is 5.75 Å². The SMILES string of the molecule is COc1ccc(F)cc1C(N)CSC1CCCC1. The maximum absolute atomic E-state index is 13.3. The predicted octanol–water partition coefficient (Wildman–Crippen LogP) is 3.51. The Kier molecular flexibility index (Phi) is 4.89. The van der Waals surface area contributed by atoms with Crippen LogP contribution in [0.15, 0.2) is 18.2 Å². The van der Waals surface area contributed by atoms with Crippen LogP contribution >= 0.6 is 11.8 Å². The van der Waals surface area contributed by atoms with E-state index in [2.05, 4.69) is 0 Å². The number of halogens is 1. The topological polar surface area (TPSA) is 35.2 Å². The molecule has 0 saturated heterocycles. The van der Waals surface area contributed by atoms with Gasteiger partial charge in [0.05, 0.1) is 7.11 Å². The summed E-state index contributed by atoms with van der Waals surface area (Å²) in [6.45, 7) is 0. The van der Waals surface area contributed by atoms with Crippen LogP contribution in [0.3, 0.4) is 0 Å². The quantitative estimate of drug-likeness (QED) is 0.888. The fourth-order valence-electron chi connectivity index (χ4n) is 2.38. The van der Waals surface area contributed by atoms with Gasteiger partial charge in [0.25, 0.3) is 0 Å². The molecule has 2 N–H and O–H groups in total. The van der Waals surface area contributed by atoms with E-state index in [-0.39, 0.29) is 11.9 Å². The largest absolute Gasteiger partial charge is 0.496 e. The van der Waals surface area contributed by atoms with Gasteiger partial charge in [-0.1, -0.05) is 12.8 Å². The second-order valence-corrected chi connectivity index (χ2v) is 6.07. The summed E-state index contributed by atoms with van der Waals surface area (Å²) in [7, 11) is 1.59. The molecule has 100 valence electrons. The van der Waals surface area contributed by atoms with Gasteiger partial charge < -0.3 is 10.5 Å². The minimum absolute atomic E-state index is 0.166. The third-order valence-electron chi connectivity index (χ3n) is 3.40. The first-order valence-electron chi connectivity index (χ1n) is 6.41. The maximum atomic E-state index is 13.3. The standard InChI is InChI=1S/C14H20FNOS/c1-17-14-7-6-10(15)8-12(14)13(16)9-18-11-4-2-3-5-11/h6-8,11,13H,2-5,9,16H2,1H3. The zero-order chi connectivity index (χ0) is 13.0. The number of rotatable bonds is 5. The number of hydrogen-bond donors (Lipinski definition) is 1. The van der Waals surface area contributed by atoms with E-state index in [0.717, 1.165) is 16.6 Å². The molecule has 1 atom stereocenters. The first kappa shape index (κ1) is 13.7. The lowest BCUT2D eigenvalue weighted by Gasteiger charge is -2.17. The minimum Gasteiger partial charge on any atom is -0.496 e. The van der Waals surface area contributed by atoms with Crippen LogP contribution in [0.5, 0.6) is 5.75 Å². The summed E-state index contributed by atoms with van der Waals surface area (Å²) in [6.07, 6.45) is 5.24. The number of benzene rings is 1. The normalized spacial score (nSPS) is 17.9. The predicted molar refractivity (Wildman–Crippen MR) is 74.6 cm³/mol. The molecule has 2 rings (SSSR count). The number of nitrogens with two attached hydrogens (primary N) is 1. The molecule has 0 aromatic heterocycles. The highest BCUT2D eigenvalue weighted by Gasteiger charge is 2.19. The molecule has 1 aliphatic rings. The van der Waals surface area contributed by atoms with Gasteiger partial charge in [0.2, 0.25) is 0 Å². The van der Waals surface area contributed by atoms with Gasteiger partial charge >= 0.3 is 0 Å². The van der Waals surface area contributed by atoms with Crippen LogP contribution in [0.25, 0.3) is 0 Å². The molecule has 0 aliphatic heterocycles. The van der Waals surface area contributed by atoms with Crippen molar-refractivity contribution in [2.75, 3.05) is 12.9 Å². The molecule has 1 fully saturated rings. The molecule has 2 nitrogen and oxygen atoms in total. The molecule has 1 aliphatic carbocycles. The highest BCUT2D eigenvalue weighted by atomic mass is 32.2. The Morgan fingerprint density at radius 1 is 1.44 bits per heavy atom. The van der Waals surface area contributed by atoms with Crippen molar-refractivity contribution in [1.82, 2.24) is 0 Å². The molecule has 0 bridgehead atoms. The van der Waals surface area contributed by atoms with Crippen molar-refractivity contribution in [3.05, 3.63) is 29.6 Å². The van der Waals surface area contributed by atoms with Crippen molar-refractivity contribution in [2.45, 2.75) is 37.0 Å². The fraction of sp³-hybridized carbons (Fsp3) is 0.571. The van der Waals surface area contributed by atoms with E-state index < -0.39 is 0 Å². The molecule has 0 amide bonds. The van der Waals surface area contributed by atoms with E-state index in [1.165, 1.54) is 37.8 Å². The number of thioether (sulfide) groups is 1. The van der Waals surface area contributed by atoms with E-state index in [1.54, 1.807) is 13.2 Å². The molecule has 0 radical (unpaired) electrons. The molecular formula is C14H20FNOS. The van der Waals surface area contributed by atoms with Gasteiger partial charge in [-0.15, -0.1) is 0 Å². The lowest BCUT2D eigenvalue weighted by molar-refractivity contribution is 0.405. The Bertz CT molecular complexity index is 393. The average molecular weight is 269 g/mol. The molecular weight excluding hydrogens is 249 g/mol. The lowest BCUT2D eigenvalue weighted by atomic mass is 10.1. The van der Waals surface area contributed by atoms with E-state index in [9.17, 15) is 4.39 Å². The summed E-state index contributed by atoms with van der Waals surface area (Å²) in [5.74, 6) is 1.24. The molecule has 0 heterocycles. The van der Waals surface area contributed by atoms with Crippen LogP contribution in [-0.4, -0.2) is 18.1 Å². The maximum Gasteiger partial charge on any atom is 0.123 e. The van der Waals surface area contributed by atoms with Crippen molar-refractivity contribution in [3.8, 4) is 5.75 Å². The lowest BCUT2D eigenvalue weighted by Crippen LogP contribution is -2.16. The third kappa shape index (κ3) is 3.39. The Morgan fingerprint density at radius 3 is 2.83 bits per heavy atom. The van der Waals surface area contributed by atoms with Crippen LogP contribution in [0.1, 0.15) is 37.3 Å². The minimum atomic E-state index is -0.257. The van der Waals surface area contributed by atoms with Gasteiger partial charge in [0.1, 0.15) is 11.6 Å². The van der Waals surface area contributed by atoms with Crippen molar-refractivity contribution in [3.63, 3.8) is 0 Å². The highest BCUT2D eigenvalue weighted by Crippen LogP contribution is 2.33. The molecule has 1 unspecified atom stereocenters. The zero-order valence-corrected chi connectivity index (χ0v) is 11.5. The van der Waals surface area contributed by atoms with Crippen LogP contribution in [0.2, 0.25) is 0 Å². The van der Waals surface area contributed by atoms with Crippen molar-refractivity contribution < 1.29 is 9.13 Å². The number of ether oxygens (including phenoxy) is 1. The van der Waals surface area contributed by atoms with Gasteiger partial charge in [-0.3, -0.25) is 0 Å². The van der Waals surface area contributed by atoms with Gasteiger partial charge in [0, 0.05) is 22.6 Å². The summed E-state index contributed by atoms with van der Waals surface area (Å²) < 4.78 is 18.5. The Labute approximate surface area is 112 Å². The van der Waals surface area contributed by atoms with E-state index in [1.807, 2.05) is 11.8 Å². The first-order valence-corrected chi connectivity index (χ1v) is 7.46. The third-order valence-corrected chi connectivity index (χ3v) is 4.90. The molecule has 18 heavy (non-hydrogen) atoms. The molecule has 1 aromatic carbocycles. The smallest absolute Gasteiger partial charge is 0.123 e. The fourth-order valence-corrected chi connectivity index (χ4v) is 3.71. The van der Waals surface area contributed by atoms with Gasteiger partial charge in [-0.2, -0.15) is 11.8 Å². The summed E-state index contributed by atoms with van der Waals surface area (Å²) in [6, 6.07) is 4.36. The molecule has 4 heteroatoms. The Morgan fingerprint density at radius 2 is 2.17 bits per heavy atom. The van der Waals surface area contributed by atoms with Crippen LogP contribution in [0.4, 0.5) is 4.39 Å². The molecule has 1 aromatic rings. The Hall–Kier alpha value is -0.740. The summed E-state index contributed by atoms with van der Waals surface area (Å²) >= 11 is 1.91. The monoisotopic (exact) mass is 269 g/mol. The average Bonchev–Trinajstić information content (AvgIpc) is 2.89. The second kappa shape index (κ2) is 6.43. The van der Waals surface area contributed by atoms with Gasteiger partial charge in [-0.25, -0.2) is 4.39 Å². The summed E-state index contributed by atoms with van der Waals surface area (Å²) in [5.41, 5.74) is 6.92. The molecule has 1 saturated carbocycles. The molecule has 0 spiro atoms. The van der Waals surface area contributed by atoms with Crippen LogP contribution < -0.4 is 10.5 Å². The first-order chi connectivity index (χ1) is 8.70. The van der Waals surface area contributed by atoms with E-state index >= 15 is 0 Å².